The lowest BCUT2D eigenvalue weighted by molar-refractivity contribution is 0.276. The molecule has 0 fully saturated rings. The molecule has 2 N–H and O–H groups in total. The van der Waals surface area contributed by atoms with Crippen molar-refractivity contribution in [3.05, 3.63) is 64.9 Å². The highest BCUT2D eigenvalue weighted by atomic mass is 35.5. The van der Waals surface area contributed by atoms with Crippen LogP contribution in [0, 0.1) is 5.82 Å². The summed E-state index contributed by atoms with van der Waals surface area (Å²) in [6.07, 6.45) is 0. The van der Waals surface area contributed by atoms with Gasteiger partial charge in [-0.05, 0) is 29.8 Å². The largest absolute Gasteiger partial charge is 0.394 e. The highest BCUT2D eigenvalue weighted by molar-refractivity contribution is 6.30. The molecule has 0 spiro atoms. The van der Waals surface area contributed by atoms with Crippen LogP contribution < -0.4 is 5.32 Å². The maximum Gasteiger partial charge on any atom is 0.146 e. The van der Waals surface area contributed by atoms with Crippen LogP contribution in [0.25, 0.3) is 0 Å². The molecule has 94 valence electrons. The number of nitrogens with one attached hydrogen (secondary N) is 1. The molecule has 2 nitrogen and oxygen atoms in total. The number of benzene rings is 2. The molecule has 2 aromatic carbocycles. The van der Waals surface area contributed by atoms with E-state index in [0.717, 1.165) is 5.56 Å². The van der Waals surface area contributed by atoms with Crippen molar-refractivity contribution in [3.63, 3.8) is 0 Å². The molecule has 0 radical (unpaired) electrons. The zero-order valence-corrected chi connectivity index (χ0v) is 10.4. The number of halogens is 2. The number of aliphatic hydroxyl groups excluding tert-OH is 1. The molecule has 0 aliphatic carbocycles. The first-order valence-electron chi connectivity index (χ1n) is 5.58. The van der Waals surface area contributed by atoms with Gasteiger partial charge in [-0.1, -0.05) is 35.9 Å². The second-order valence-electron chi connectivity index (χ2n) is 3.91. The Morgan fingerprint density at radius 2 is 1.78 bits per heavy atom. The van der Waals surface area contributed by atoms with Crippen LogP contribution >= 0.6 is 11.6 Å². The Bertz CT molecular complexity index is 515. The Kier molecular flexibility index (Phi) is 4.18. The lowest BCUT2D eigenvalue weighted by Crippen LogP contribution is -2.15. The molecule has 18 heavy (non-hydrogen) atoms. The molecule has 1 atom stereocenters. The predicted octanol–water partition coefficient (Wildman–Crippen LogP) is 3.62. The van der Waals surface area contributed by atoms with Crippen molar-refractivity contribution in [1.82, 2.24) is 0 Å². The molecule has 0 saturated carbocycles. The summed E-state index contributed by atoms with van der Waals surface area (Å²) >= 11 is 5.80. The quantitative estimate of drug-likeness (QED) is 0.885. The van der Waals surface area contributed by atoms with Gasteiger partial charge in [0.1, 0.15) is 5.82 Å². The SMILES string of the molecule is OCC(Nc1ccccc1F)c1ccc(Cl)cc1. The maximum atomic E-state index is 13.5. The molecule has 0 aliphatic heterocycles. The van der Waals surface area contributed by atoms with Gasteiger partial charge in [-0.15, -0.1) is 0 Å². The lowest BCUT2D eigenvalue weighted by Gasteiger charge is -2.18. The van der Waals surface area contributed by atoms with E-state index in [9.17, 15) is 9.50 Å². The maximum absolute atomic E-state index is 13.5. The summed E-state index contributed by atoms with van der Waals surface area (Å²) in [6.45, 7) is -0.129. The van der Waals surface area contributed by atoms with Crippen LogP contribution in [0.4, 0.5) is 10.1 Å². The number of anilines is 1. The van der Waals surface area contributed by atoms with Crippen molar-refractivity contribution in [2.75, 3.05) is 11.9 Å². The van der Waals surface area contributed by atoms with Gasteiger partial charge in [-0.2, -0.15) is 0 Å². The second-order valence-corrected chi connectivity index (χ2v) is 4.35. The molecule has 1 unspecified atom stereocenters. The number of hydrogen-bond acceptors (Lipinski definition) is 2. The summed E-state index contributed by atoms with van der Waals surface area (Å²) in [5, 5.41) is 13.0. The summed E-state index contributed by atoms with van der Waals surface area (Å²) in [7, 11) is 0. The van der Waals surface area contributed by atoms with Crippen molar-refractivity contribution in [3.8, 4) is 0 Å². The van der Waals surface area contributed by atoms with Crippen LogP contribution in [0.15, 0.2) is 48.5 Å². The van der Waals surface area contributed by atoms with E-state index in [1.807, 2.05) is 0 Å². The van der Waals surface area contributed by atoms with Crippen LogP contribution in [0.2, 0.25) is 5.02 Å². The third-order valence-electron chi connectivity index (χ3n) is 2.66. The third kappa shape index (κ3) is 3.00. The van der Waals surface area contributed by atoms with Crippen molar-refractivity contribution in [1.29, 1.82) is 0 Å². The van der Waals surface area contributed by atoms with Gasteiger partial charge in [0.15, 0.2) is 0 Å². The average molecular weight is 266 g/mol. The molecule has 0 heterocycles. The van der Waals surface area contributed by atoms with Crippen LogP contribution in [0.5, 0.6) is 0 Å². The van der Waals surface area contributed by atoms with E-state index in [1.54, 1.807) is 42.5 Å². The van der Waals surface area contributed by atoms with Gasteiger partial charge < -0.3 is 10.4 Å². The molecule has 2 aromatic rings. The van der Waals surface area contributed by atoms with Gasteiger partial charge in [0, 0.05) is 5.02 Å². The molecule has 4 heteroatoms. The Hall–Kier alpha value is -1.58. The first kappa shape index (κ1) is 12.9. The van der Waals surface area contributed by atoms with E-state index in [1.165, 1.54) is 6.07 Å². The van der Waals surface area contributed by atoms with E-state index < -0.39 is 0 Å². The lowest BCUT2D eigenvalue weighted by atomic mass is 10.1. The van der Waals surface area contributed by atoms with E-state index in [0.29, 0.717) is 10.7 Å². The van der Waals surface area contributed by atoms with E-state index in [-0.39, 0.29) is 18.5 Å². The number of rotatable bonds is 4. The summed E-state index contributed by atoms with van der Waals surface area (Å²) < 4.78 is 13.5. The molecule has 0 amide bonds. The van der Waals surface area contributed by atoms with E-state index in [2.05, 4.69) is 5.32 Å². The van der Waals surface area contributed by atoms with Gasteiger partial charge in [0.05, 0.1) is 18.3 Å². The summed E-state index contributed by atoms with van der Waals surface area (Å²) in [5.41, 5.74) is 1.22. The van der Waals surface area contributed by atoms with Gasteiger partial charge in [0.2, 0.25) is 0 Å². The Balaban J connectivity index is 2.20. The minimum Gasteiger partial charge on any atom is -0.394 e. The average Bonchev–Trinajstić information content (AvgIpc) is 2.39. The summed E-state index contributed by atoms with van der Waals surface area (Å²) in [4.78, 5) is 0. The smallest absolute Gasteiger partial charge is 0.146 e. The first-order valence-corrected chi connectivity index (χ1v) is 5.96. The molecule has 0 aliphatic rings. The molecule has 2 rings (SSSR count). The zero-order valence-electron chi connectivity index (χ0n) is 9.61. The second kappa shape index (κ2) is 5.85. The Morgan fingerprint density at radius 1 is 1.11 bits per heavy atom. The molecular weight excluding hydrogens is 253 g/mol. The molecular formula is C14H13ClFNO. The van der Waals surface area contributed by atoms with Gasteiger partial charge in [0.25, 0.3) is 0 Å². The van der Waals surface area contributed by atoms with Gasteiger partial charge in [-0.25, -0.2) is 4.39 Å². The number of aliphatic hydroxyl groups is 1. The Labute approximate surface area is 110 Å². The fraction of sp³-hybridized carbons (Fsp3) is 0.143. The van der Waals surface area contributed by atoms with E-state index >= 15 is 0 Å². The zero-order chi connectivity index (χ0) is 13.0. The van der Waals surface area contributed by atoms with Crippen LogP contribution in [-0.4, -0.2) is 11.7 Å². The molecule has 0 bridgehead atoms. The standard InChI is InChI=1S/C14H13ClFNO/c15-11-7-5-10(6-8-11)14(9-18)17-13-4-2-1-3-12(13)16/h1-8,14,17-18H,9H2. The molecule has 0 aromatic heterocycles. The fourth-order valence-electron chi connectivity index (χ4n) is 1.70. The van der Waals surface area contributed by atoms with E-state index in [4.69, 9.17) is 11.6 Å². The monoisotopic (exact) mass is 265 g/mol. The third-order valence-corrected chi connectivity index (χ3v) is 2.91. The topological polar surface area (TPSA) is 32.3 Å². The normalized spacial score (nSPS) is 12.2. The first-order chi connectivity index (χ1) is 8.70. The summed E-state index contributed by atoms with van der Waals surface area (Å²) in [5.74, 6) is -0.343. The van der Waals surface area contributed by atoms with Gasteiger partial charge >= 0.3 is 0 Å². The van der Waals surface area contributed by atoms with Crippen molar-refractivity contribution >= 4 is 17.3 Å². The Morgan fingerprint density at radius 3 is 2.39 bits per heavy atom. The van der Waals surface area contributed by atoms with Crippen molar-refractivity contribution < 1.29 is 9.50 Å². The van der Waals surface area contributed by atoms with Crippen molar-refractivity contribution in [2.24, 2.45) is 0 Å². The van der Waals surface area contributed by atoms with Crippen LogP contribution in [-0.2, 0) is 0 Å². The van der Waals surface area contributed by atoms with Crippen LogP contribution in [0.3, 0.4) is 0 Å². The minimum absolute atomic E-state index is 0.129. The highest BCUT2D eigenvalue weighted by Gasteiger charge is 2.11. The number of hydrogen-bond donors (Lipinski definition) is 2. The van der Waals surface area contributed by atoms with Crippen molar-refractivity contribution in [2.45, 2.75) is 6.04 Å². The molecule has 0 saturated heterocycles. The number of para-hydroxylation sites is 1. The highest BCUT2D eigenvalue weighted by Crippen LogP contribution is 2.22. The predicted molar refractivity (Wildman–Crippen MR) is 71.3 cm³/mol. The van der Waals surface area contributed by atoms with Gasteiger partial charge in [-0.3, -0.25) is 0 Å². The summed E-state index contributed by atoms with van der Waals surface area (Å²) in [6, 6.07) is 13.1. The van der Waals surface area contributed by atoms with Crippen LogP contribution in [0.1, 0.15) is 11.6 Å². The fourth-order valence-corrected chi connectivity index (χ4v) is 1.82. The minimum atomic E-state index is -0.362.